The number of nitrogens with one attached hydrogen (secondary N) is 1. The van der Waals surface area contributed by atoms with Crippen LogP contribution in [0.15, 0.2) is 53.4 Å². The fourth-order valence-corrected chi connectivity index (χ4v) is 4.20. The minimum Gasteiger partial charge on any atom is -0.349 e. The van der Waals surface area contributed by atoms with Crippen molar-refractivity contribution in [3.05, 3.63) is 65.2 Å². The van der Waals surface area contributed by atoms with E-state index in [2.05, 4.69) is 5.32 Å². The van der Waals surface area contributed by atoms with Crippen LogP contribution < -0.4 is 10.5 Å². The van der Waals surface area contributed by atoms with Crippen LogP contribution in [0.3, 0.4) is 0 Å². The van der Waals surface area contributed by atoms with Crippen molar-refractivity contribution in [1.82, 2.24) is 10.2 Å². The maximum atomic E-state index is 12.7. The Bertz CT molecular complexity index is 1030. The average molecular weight is 430 g/mol. The highest BCUT2D eigenvalue weighted by atomic mass is 32.2. The molecule has 1 atom stereocenters. The number of benzene rings is 2. The maximum absolute atomic E-state index is 12.7. The summed E-state index contributed by atoms with van der Waals surface area (Å²) in [6.07, 6.45) is 1.22. The van der Waals surface area contributed by atoms with Crippen LogP contribution in [0.1, 0.15) is 47.3 Å². The predicted molar refractivity (Wildman–Crippen MR) is 114 cm³/mol. The quantitative estimate of drug-likeness (QED) is 0.760. The van der Waals surface area contributed by atoms with Gasteiger partial charge in [0.05, 0.1) is 10.9 Å². The molecule has 7 nitrogen and oxygen atoms in total. The molecule has 0 aromatic heterocycles. The molecule has 1 aliphatic heterocycles. The zero-order chi connectivity index (χ0) is 21.9. The number of piperidine rings is 1. The van der Waals surface area contributed by atoms with Gasteiger partial charge in [0, 0.05) is 24.6 Å². The zero-order valence-corrected chi connectivity index (χ0v) is 18.0. The van der Waals surface area contributed by atoms with E-state index in [0.29, 0.717) is 31.5 Å². The van der Waals surface area contributed by atoms with E-state index in [0.717, 1.165) is 11.1 Å². The van der Waals surface area contributed by atoms with Crippen molar-refractivity contribution in [2.24, 2.45) is 11.1 Å². The molecule has 0 saturated carbocycles. The normalized spacial score (nSPS) is 16.2. The summed E-state index contributed by atoms with van der Waals surface area (Å²) in [7, 11) is -3.74. The van der Waals surface area contributed by atoms with Gasteiger partial charge in [-0.3, -0.25) is 9.59 Å². The second-order valence-electron chi connectivity index (χ2n) is 7.73. The number of sulfonamides is 1. The molecule has 1 fully saturated rings. The molecule has 8 heteroatoms. The third kappa shape index (κ3) is 5.06. The Balaban J connectivity index is 1.55. The number of carbonyl (C=O) groups is 2. The summed E-state index contributed by atoms with van der Waals surface area (Å²) in [5.74, 6) is -0.201. The SMILES string of the molecule is Cc1ccccc1C(=O)N1CCC(C(=O)N[C@@H](C)c2ccc(S(N)(=O)=O)cc2)CC1. The topological polar surface area (TPSA) is 110 Å². The van der Waals surface area contributed by atoms with Gasteiger partial charge in [0.25, 0.3) is 5.91 Å². The minimum absolute atomic E-state index is 0.00951. The van der Waals surface area contributed by atoms with Crippen molar-refractivity contribution < 1.29 is 18.0 Å². The van der Waals surface area contributed by atoms with Gasteiger partial charge >= 0.3 is 0 Å². The molecular weight excluding hydrogens is 402 g/mol. The standard InChI is InChI=1S/C22H27N3O4S/c1-15-5-3-4-6-20(15)22(27)25-13-11-18(12-14-25)21(26)24-16(2)17-7-9-19(10-8-17)30(23,28)29/h3-10,16,18H,11-14H2,1-2H3,(H,24,26)(H2,23,28,29)/t16-/m0/s1. The number of likely N-dealkylation sites (tertiary alicyclic amines) is 1. The molecule has 2 aromatic rings. The van der Waals surface area contributed by atoms with Gasteiger partial charge in [-0.15, -0.1) is 0 Å². The number of hydrogen-bond acceptors (Lipinski definition) is 4. The van der Waals surface area contributed by atoms with E-state index in [-0.39, 0.29) is 28.7 Å². The molecule has 3 N–H and O–H groups in total. The summed E-state index contributed by atoms with van der Waals surface area (Å²) in [6, 6.07) is 13.4. The van der Waals surface area contributed by atoms with E-state index < -0.39 is 10.0 Å². The Hall–Kier alpha value is -2.71. The highest BCUT2D eigenvalue weighted by molar-refractivity contribution is 7.89. The van der Waals surface area contributed by atoms with Crippen LogP contribution in [0.2, 0.25) is 0 Å². The fraction of sp³-hybridized carbons (Fsp3) is 0.364. The first-order valence-electron chi connectivity index (χ1n) is 9.95. The molecule has 0 spiro atoms. The van der Waals surface area contributed by atoms with Crippen LogP contribution in [0, 0.1) is 12.8 Å². The van der Waals surface area contributed by atoms with E-state index in [1.165, 1.54) is 12.1 Å². The van der Waals surface area contributed by atoms with Crippen LogP contribution >= 0.6 is 0 Å². The van der Waals surface area contributed by atoms with E-state index in [9.17, 15) is 18.0 Å². The molecule has 0 radical (unpaired) electrons. The summed E-state index contributed by atoms with van der Waals surface area (Å²) in [5, 5.41) is 8.10. The lowest BCUT2D eigenvalue weighted by Gasteiger charge is -2.32. The Morgan fingerprint density at radius 2 is 1.67 bits per heavy atom. The lowest BCUT2D eigenvalue weighted by Crippen LogP contribution is -2.43. The van der Waals surface area contributed by atoms with Gasteiger partial charge in [0.2, 0.25) is 15.9 Å². The number of nitrogens with two attached hydrogens (primary N) is 1. The third-order valence-corrected chi connectivity index (χ3v) is 6.53. The van der Waals surface area contributed by atoms with Crippen LogP contribution in [0.25, 0.3) is 0 Å². The molecule has 30 heavy (non-hydrogen) atoms. The number of primary sulfonamides is 1. The van der Waals surface area contributed by atoms with E-state index >= 15 is 0 Å². The van der Waals surface area contributed by atoms with Gasteiger partial charge in [0.15, 0.2) is 0 Å². The van der Waals surface area contributed by atoms with Crippen molar-refractivity contribution in [3.63, 3.8) is 0 Å². The molecule has 2 aromatic carbocycles. The van der Waals surface area contributed by atoms with Crippen LogP contribution in [-0.2, 0) is 14.8 Å². The smallest absolute Gasteiger partial charge is 0.254 e. The molecule has 0 unspecified atom stereocenters. The van der Waals surface area contributed by atoms with Crippen LogP contribution in [0.5, 0.6) is 0 Å². The van der Waals surface area contributed by atoms with Crippen molar-refractivity contribution in [2.45, 2.75) is 37.6 Å². The maximum Gasteiger partial charge on any atom is 0.254 e. The third-order valence-electron chi connectivity index (χ3n) is 5.60. The summed E-state index contributed by atoms with van der Waals surface area (Å²) in [4.78, 5) is 27.3. The number of hydrogen-bond donors (Lipinski definition) is 2. The lowest BCUT2D eigenvalue weighted by atomic mass is 9.94. The van der Waals surface area contributed by atoms with E-state index in [1.54, 1.807) is 12.1 Å². The van der Waals surface area contributed by atoms with Gasteiger partial charge in [-0.1, -0.05) is 30.3 Å². The molecular formula is C22H27N3O4S. The van der Waals surface area contributed by atoms with Crippen molar-refractivity contribution in [2.75, 3.05) is 13.1 Å². The van der Waals surface area contributed by atoms with Gasteiger partial charge in [-0.2, -0.15) is 0 Å². The minimum atomic E-state index is -3.74. The largest absolute Gasteiger partial charge is 0.349 e. The summed E-state index contributed by atoms with van der Waals surface area (Å²) in [5.41, 5.74) is 2.45. The summed E-state index contributed by atoms with van der Waals surface area (Å²) < 4.78 is 22.7. The molecule has 160 valence electrons. The first kappa shape index (κ1) is 22.0. The number of amides is 2. The molecule has 1 aliphatic rings. The van der Waals surface area contributed by atoms with Crippen LogP contribution in [-0.4, -0.2) is 38.2 Å². The molecule has 1 saturated heterocycles. The average Bonchev–Trinajstić information content (AvgIpc) is 2.73. The molecule has 1 heterocycles. The second kappa shape index (κ2) is 8.97. The molecule has 3 rings (SSSR count). The first-order chi connectivity index (χ1) is 14.2. The van der Waals surface area contributed by atoms with Gasteiger partial charge in [-0.05, 0) is 56.0 Å². The number of aryl methyl sites for hydroxylation is 1. The number of carbonyl (C=O) groups excluding carboxylic acids is 2. The highest BCUT2D eigenvalue weighted by Crippen LogP contribution is 2.22. The van der Waals surface area contributed by atoms with E-state index in [4.69, 9.17) is 5.14 Å². The summed E-state index contributed by atoms with van der Waals surface area (Å²) in [6.45, 7) is 4.86. The number of rotatable bonds is 5. The monoisotopic (exact) mass is 429 g/mol. The first-order valence-corrected chi connectivity index (χ1v) is 11.5. The van der Waals surface area contributed by atoms with Gasteiger partial charge in [0.1, 0.15) is 0 Å². The van der Waals surface area contributed by atoms with Crippen LogP contribution in [0.4, 0.5) is 0 Å². The fourth-order valence-electron chi connectivity index (χ4n) is 3.69. The Morgan fingerprint density at radius 1 is 1.07 bits per heavy atom. The van der Waals surface area contributed by atoms with Gasteiger partial charge in [-0.25, -0.2) is 13.6 Å². The summed E-state index contributed by atoms with van der Waals surface area (Å²) >= 11 is 0. The Kier molecular flexibility index (Phi) is 6.58. The molecule has 0 bridgehead atoms. The Morgan fingerprint density at radius 3 is 2.23 bits per heavy atom. The van der Waals surface area contributed by atoms with Crippen molar-refractivity contribution in [1.29, 1.82) is 0 Å². The van der Waals surface area contributed by atoms with E-state index in [1.807, 2.05) is 43.0 Å². The Labute approximate surface area is 177 Å². The second-order valence-corrected chi connectivity index (χ2v) is 9.29. The highest BCUT2D eigenvalue weighted by Gasteiger charge is 2.29. The number of nitrogens with zero attached hydrogens (tertiary/aromatic N) is 1. The lowest BCUT2D eigenvalue weighted by molar-refractivity contribution is -0.127. The van der Waals surface area contributed by atoms with Gasteiger partial charge < -0.3 is 10.2 Å². The molecule has 2 amide bonds. The van der Waals surface area contributed by atoms with Crippen molar-refractivity contribution >= 4 is 21.8 Å². The molecule has 0 aliphatic carbocycles. The predicted octanol–water partition coefficient (Wildman–Crippen LogP) is 2.37. The zero-order valence-electron chi connectivity index (χ0n) is 17.2. The van der Waals surface area contributed by atoms with Crippen molar-refractivity contribution in [3.8, 4) is 0 Å².